The Bertz CT molecular complexity index is 1690. The molecule has 3 aromatic carbocycles. The normalized spacial score (nSPS) is 23.0. The van der Waals surface area contributed by atoms with Gasteiger partial charge in [-0.1, -0.05) is 67.1 Å². The molecule has 9 nitrogen and oxygen atoms in total. The van der Waals surface area contributed by atoms with E-state index in [1.807, 2.05) is 48.5 Å². The van der Waals surface area contributed by atoms with Crippen molar-refractivity contribution >= 4 is 40.7 Å². The summed E-state index contributed by atoms with van der Waals surface area (Å²) in [4.78, 5) is 43.4. The van der Waals surface area contributed by atoms with Gasteiger partial charge in [-0.3, -0.25) is 14.4 Å². The molecule has 3 aliphatic rings. The van der Waals surface area contributed by atoms with Gasteiger partial charge in [0.2, 0.25) is 11.8 Å². The van der Waals surface area contributed by atoms with E-state index in [0.29, 0.717) is 41.5 Å². The molecule has 6 rings (SSSR count). The molecule has 47 heavy (non-hydrogen) atoms. The summed E-state index contributed by atoms with van der Waals surface area (Å²) in [5, 5.41) is 28.7. The number of aliphatic hydroxyl groups is 2. The summed E-state index contributed by atoms with van der Waals surface area (Å²) < 4.78 is 0. The van der Waals surface area contributed by atoms with Crippen molar-refractivity contribution in [3.05, 3.63) is 106 Å². The Morgan fingerprint density at radius 3 is 2.70 bits per heavy atom. The monoisotopic (exact) mass is 656 g/mol. The molecule has 0 radical (unpaired) electrons. The van der Waals surface area contributed by atoms with Crippen LogP contribution in [0.4, 0.5) is 11.4 Å². The highest BCUT2D eigenvalue weighted by Gasteiger charge is 2.52. The first-order valence-corrected chi connectivity index (χ1v) is 16.7. The second-order valence-electron chi connectivity index (χ2n) is 12.8. The number of carbonyl (C=O) groups is 3. The second-order valence-corrected chi connectivity index (χ2v) is 13.2. The molecule has 246 valence electrons. The van der Waals surface area contributed by atoms with Gasteiger partial charge in [-0.2, -0.15) is 0 Å². The van der Waals surface area contributed by atoms with Gasteiger partial charge in [-0.25, -0.2) is 0 Å². The van der Waals surface area contributed by atoms with E-state index in [4.69, 9.17) is 11.6 Å². The van der Waals surface area contributed by atoms with Crippen LogP contribution in [-0.2, 0) is 39.5 Å². The molecule has 3 aliphatic heterocycles. The van der Waals surface area contributed by atoms with Gasteiger partial charge in [0.1, 0.15) is 0 Å². The van der Waals surface area contributed by atoms with E-state index in [2.05, 4.69) is 10.6 Å². The fourth-order valence-corrected chi connectivity index (χ4v) is 7.17. The first kappa shape index (κ1) is 32.9. The van der Waals surface area contributed by atoms with Crippen LogP contribution in [0.5, 0.6) is 0 Å². The third-order valence-corrected chi connectivity index (χ3v) is 9.93. The fraction of sp³-hybridized carbons (Fsp3) is 0.378. The largest absolute Gasteiger partial charge is 0.394 e. The Morgan fingerprint density at radius 1 is 1.13 bits per heavy atom. The van der Waals surface area contributed by atoms with Crippen molar-refractivity contribution in [2.75, 3.05) is 29.9 Å². The topological polar surface area (TPSA) is 122 Å². The number of aliphatic hydroxyl groups excluding tert-OH is 1. The maximum absolute atomic E-state index is 14.1. The van der Waals surface area contributed by atoms with Crippen LogP contribution in [0.15, 0.2) is 78.9 Å². The fourth-order valence-electron chi connectivity index (χ4n) is 7.00. The van der Waals surface area contributed by atoms with Crippen LogP contribution in [0, 0.1) is 11.8 Å². The minimum atomic E-state index is -1.91. The zero-order valence-electron chi connectivity index (χ0n) is 26.5. The predicted molar refractivity (Wildman–Crippen MR) is 182 cm³/mol. The highest BCUT2D eigenvalue weighted by atomic mass is 35.5. The molecule has 0 aromatic heterocycles. The van der Waals surface area contributed by atoms with Crippen molar-refractivity contribution in [3.63, 3.8) is 0 Å². The van der Waals surface area contributed by atoms with Crippen molar-refractivity contribution in [1.82, 2.24) is 10.2 Å². The average Bonchev–Trinajstić information content (AvgIpc) is 3.29. The molecule has 3 aromatic rings. The lowest BCUT2D eigenvalue weighted by Crippen LogP contribution is -2.46. The van der Waals surface area contributed by atoms with Gasteiger partial charge in [0.25, 0.3) is 5.91 Å². The summed E-state index contributed by atoms with van der Waals surface area (Å²) in [6.07, 6.45) is 5.85. The Labute approximate surface area is 280 Å². The molecule has 3 amide bonds. The summed E-state index contributed by atoms with van der Waals surface area (Å²) in [7, 11) is 0. The first-order valence-electron chi connectivity index (χ1n) is 16.3. The SMILES string of the molecule is C[C@@H](/C=C/CC(=O)N1Cc2ccccc2C[C@H]1CO)[C@]1(O)C(=O)N(Cc2cccc(NC(=O)C3CCCNC3)c2)c2ccc(Cl)cc21. The summed E-state index contributed by atoms with van der Waals surface area (Å²) in [6.45, 7) is 3.80. The van der Waals surface area contributed by atoms with Crippen LogP contribution in [0.25, 0.3) is 0 Å². The molecule has 3 heterocycles. The number of hydrogen-bond donors (Lipinski definition) is 4. The lowest BCUT2D eigenvalue weighted by atomic mass is 9.83. The van der Waals surface area contributed by atoms with Crippen molar-refractivity contribution in [3.8, 4) is 0 Å². The molecule has 0 aliphatic carbocycles. The summed E-state index contributed by atoms with van der Waals surface area (Å²) in [5.74, 6) is -1.43. The van der Waals surface area contributed by atoms with Crippen LogP contribution < -0.4 is 15.5 Å². The van der Waals surface area contributed by atoms with E-state index in [1.165, 1.54) is 0 Å². The number of fused-ring (bicyclic) bond motifs is 2. The third kappa shape index (κ3) is 6.71. The van der Waals surface area contributed by atoms with Gasteiger partial charge in [0.15, 0.2) is 5.60 Å². The van der Waals surface area contributed by atoms with Gasteiger partial charge < -0.3 is 30.6 Å². The number of amides is 3. The van der Waals surface area contributed by atoms with Crippen molar-refractivity contribution in [2.24, 2.45) is 11.8 Å². The van der Waals surface area contributed by atoms with Crippen molar-refractivity contribution in [2.45, 2.75) is 57.3 Å². The Morgan fingerprint density at radius 2 is 1.94 bits per heavy atom. The standard InChI is InChI=1S/C37H41ClN4O5/c1-24(7-4-13-34(44)41-22-28-10-3-2-9-26(28)18-31(41)23-43)37(47)32-19-29(38)14-15-33(32)42(36(37)46)21-25-8-5-12-30(17-25)40-35(45)27-11-6-16-39-20-27/h2-5,7-10,12,14-15,17,19,24,27,31,39,43,47H,6,11,13,16,18,20-23H2,1H3,(H,40,45)/b7-4+/t24-,27?,31-,37+/m0/s1. The van der Waals surface area contributed by atoms with Crippen molar-refractivity contribution < 1.29 is 24.6 Å². The number of anilines is 2. The molecule has 1 unspecified atom stereocenters. The van der Waals surface area contributed by atoms with Crippen LogP contribution in [-0.4, -0.2) is 58.6 Å². The maximum atomic E-state index is 14.1. The molecule has 0 spiro atoms. The number of carbonyl (C=O) groups excluding carboxylic acids is 3. The smallest absolute Gasteiger partial charge is 0.264 e. The minimum Gasteiger partial charge on any atom is -0.394 e. The van der Waals surface area contributed by atoms with Gasteiger partial charge >= 0.3 is 0 Å². The van der Waals surface area contributed by atoms with Crippen molar-refractivity contribution in [1.29, 1.82) is 0 Å². The molecule has 0 saturated carbocycles. The number of rotatable bonds is 9. The highest BCUT2D eigenvalue weighted by Crippen LogP contribution is 2.46. The van der Waals surface area contributed by atoms with Crippen LogP contribution in [0.1, 0.15) is 48.4 Å². The zero-order chi connectivity index (χ0) is 33.1. The number of nitrogens with one attached hydrogen (secondary N) is 2. The lowest BCUT2D eigenvalue weighted by Gasteiger charge is -2.36. The zero-order valence-corrected chi connectivity index (χ0v) is 27.2. The average molecular weight is 657 g/mol. The van der Waals surface area contributed by atoms with Gasteiger partial charge in [-0.15, -0.1) is 0 Å². The number of piperidine rings is 1. The second kappa shape index (κ2) is 14.0. The van der Waals surface area contributed by atoms with Gasteiger partial charge in [-0.05, 0) is 72.8 Å². The molecule has 0 bridgehead atoms. The van der Waals surface area contributed by atoms with Crippen LogP contribution >= 0.6 is 11.6 Å². The van der Waals surface area contributed by atoms with E-state index in [0.717, 1.165) is 36.1 Å². The Balaban J connectivity index is 1.17. The van der Waals surface area contributed by atoms with E-state index in [9.17, 15) is 24.6 Å². The molecular weight excluding hydrogens is 616 g/mol. The molecule has 1 fully saturated rings. The number of hydrogen-bond acceptors (Lipinski definition) is 6. The van der Waals surface area contributed by atoms with E-state index in [-0.39, 0.29) is 43.3 Å². The lowest BCUT2D eigenvalue weighted by molar-refractivity contribution is -0.139. The molecule has 4 atom stereocenters. The Kier molecular flexibility index (Phi) is 9.80. The quantitative estimate of drug-likeness (QED) is 0.251. The summed E-state index contributed by atoms with van der Waals surface area (Å²) in [5.41, 5.74) is 2.70. The summed E-state index contributed by atoms with van der Waals surface area (Å²) in [6, 6.07) is 20.1. The number of nitrogens with zero attached hydrogens (tertiary/aromatic N) is 2. The number of halogens is 1. The van der Waals surface area contributed by atoms with Crippen LogP contribution in [0.3, 0.4) is 0 Å². The van der Waals surface area contributed by atoms with E-state index in [1.54, 1.807) is 47.1 Å². The van der Waals surface area contributed by atoms with E-state index < -0.39 is 17.4 Å². The first-order chi connectivity index (χ1) is 22.7. The van der Waals surface area contributed by atoms with Gasteiger partial charge in [0, 0.05) is 41.7 Å². The maximum Gasteiger partial charge on any atom is 0.264 e. The van der Waals surface area contributed by atoms with Crippen LogP contribution in [0.2, 0.25) is 5.02 Å². The predicted octanol–water partition coefficient (Wildman–Crippen LogP) is 4.54. The Hall–Kier alpha value is -4.02. The minimum absolute atomic E-state index is 0.0305. The molecule has 4 N–H and O–H groups in total. The summed E-state index contributed by atoms with van der Waals surface area (Å²) >= 11 is 6.37. The molecule has 1 saturated heterocycles. The van der Waals surface area contributed by atoms with E-state index >= 15 is 0 Å². The highest BCUT2D eigenvalue weighted by molar-refractivity contribution is 6.31. The third-order valence-electron chi connectivity index (χ3n) is 9.70. The number of benzene rings is 3. The molecular formula is C37H41ClN4O5. The van der Waals surface area contributed by atoms with Gasteiger partial charge in [0.05, 0.1) is 30.8 Å². The molecule has 10 heteroatoms.